The molecule has 2 rings (SSSR count). The van der Waals surface area contributed by atoms with E-state index in [0.29, 0.717) is 32.5 Å². The first kappa shape index (κ1) is 14.6. The van der Waals surface area contributed by atoms with Crippen LogP contribution in [0.1, 0.15) is 19.8 Å². The molecule has 0 amide bonds. The Labute approximate surface area is 117 Å². The average molecular weight is 306 g/mol. The van der Waals surface area contributed by atoms with Gasteiger partial charge in [0.25, 0.3) is 0 Å². The maximum Gasteiger partial charge on any atom is 0.246 e. The van der Waals surface area contributed by atoms with E-state index in [1.54, 1.807) is 0 Å². The maximum atomic E-state index is 12.3. The minimum Gasteiger partial charge on any atom is -0.378 e. The van der Waals surface area contributed by atoms with Crippen LogP contribution in [0.2, 0.25) is 5.28 Å². The van der Waals surface area contributed by atoms with Crippen molar-refractivity contribution < 1.29 is 13.2 Å². The Balaban J connectivity index is 2.07. The molecule has 0 spiro atoms. The minimum absolute atomic E-state index is 0.0361. The van der Waals surface area contributed by atoms with E-state index in [2.05, 4.69) is 9.97 Å². The van der Waals surface area contributed by atoms with Gasteiger partial charge < -0.3 is 4.74 Å². The highest BCUT2D eigenvalue weighted by atomic mass is 35.5. The molecule has 1 aliphatic rings. The minimum atomic E-state index is -3.52. The van der Waals surface area contributed by atoms with Crippen LogP contribution in [-0.4, -0.2) is 48.5 Å². The normalized spacial score (nSPS) is 18.6. The number of nitrogens with zero attached hydrogens (tertiary/aromatic N) is 3. The molecule has 1 fully saturated rings. The van der Waals surface area contributed by atoms with E-state index in [9.17, 15) is 8.42 Å². The molecular weight excluding hydrogens is 290 g/mol. The van der Waals surface area contributed by atoms with Gasteiger partial charge in [0, 0.05) is 19.7 Å². The van der Waals surface area contributed by atoms with Gasteiger partial charge in [-0.2, -0.15) is 4.31 Å². The van der Waals surface area contributed by atoms with E-state index in [1.807, 2.05) is 6.92 Å². The van der Waals surface area contributed by atoms with Crippen LogP contribution < -0.4 is 0 Å². The van der Waals surface area contributed by atoms with Crippen molar-refractivity contribution in [1.29, 1.82) is 0 Å². The van der Waals surface area contributed by atoms with Crippen molar-refractivity contribution in [2.24, 2.45) is 0 Å². The average Bonchev–Trinajstić information content (AvgIpc) is 2.40. The lowest BCUT2D eigenvalue weighted by Crippen LogP contribution is -2.40. The summed E-state index contributed by atoms with van der Waals surface area (Å²) in [5.74, 6) is 0. The van der Waals surface area contributed by atoms with Crippen LogP contribution in [0.25, 0.3) is 0 Å². The first-order chi connectivity index (χ1) is 9.04. The molecule has 0 unspecified atom stereocenters. The second-order valence-electron chi connectivity index (χ2n) is 4.25. The zero-order valence-electron chi connectivity index (χ0n) is 10.6. The van der Waals surface area contributed by atoms with Gasteiger partial charge in [0.2, 0.25) is 15.3 Å². The molecule has 8 heteroatoms. The van der Waals surface area contributed by atoms with Crippen LogP contribution in [0.4, 0.5) is 0 Å². The van der Waals surface area contributed by atoms with Crippen molar-refractivity contribution in [3.63, 3.8) is 0 Å². The third kappa shape index (κ3) is 3.42. The Morgan fingerprint density at radius 1 is 1.37 bits per heavy atom. The van der Waals surface area contributed by atoms with E-state index >= 15 is 0 Å². The van der Waals surface area contributed by atoms with Crippen LogP contribution in [0.15, 0.2) is 17.3 Å². The molecule has 1 aromatic rings. The van der Waals surface area contributed by atoms with E-state index in [1.165, 1.54) is 16.7 Å². The van der Waals surface area contributed by atoms with Gasteiger partial charge >= 0.3 is 0 Å². The van der Waals surface area contributed by atoms with Gasteiger partial charge in [0.1, 0.15) is 4.90 Å². The maximum absolute atomic E-state index is 12.3. The van der Waals surface area contributed by atoms with E-state index in [-0.39, 0.29) is 16.3 Å². The highest BCUT2D eigenvalue weighted by molar-refractivity contribution is 7.89. The summed E-state index contributed by atoms with van der Waals surface area (Å²) >= 11 is 5.55. The van der Waals surface area contributed by atoms with Crippen molar-refractivity contribution in [2.45, 2.75) is 30.8 Å². The molecule has 0 aliphatic carbocycles. The lowest BCUT2D eigenvalue weighted by molar-refractivity contribution is 0.0290. The van der Waals surface area contributed by atoms with Gasteiger partial charge in [0.05, 0.1) is 18.5 Å². The summed E-state index contributed by atoms with van der Waals surface area (Å²) in [6.45, 7) is 3.50. The van der Waals surface area contributed by atoms with Gasteiger partial charge in [-0.05, 0) is 31.4 Å². The Morgan fingerprint density at radius 3 is 2.47 bits per heavy atom. The molecule has 0 N–H and O–H groups in total. The largest absolute Gasteiger partial charge is 0.378 e. The summed E-state index contributed by atoms with van der Waals surface area (Å²) in [6, 6.07) is 0. The predicted octanol–water partition coefficient (Wildman–Crippen LogP) is 1.32. The monoisotopic (exact) mass is 305 g/mol. The number of hydrogen-bond acceptors (Lipinski definition) is 5. The summed E-state index contributed by atoms with van der Waals surface area (Å²) < 4.78 is 31.6. The van der Waals surface area contributed by atoms with Gasteiger partial charge in [-0.25, -0.2) is 18.4 Å². The lowest BCUT2D eigenvalue weighted by atomic mass is 10.1. The Kier molecular flexibility index (Phi) is 4.72. The molecular formula is C11H16ClN3O3S. The SMILES string of the molecule is CCOC1CCN(S(=O)(=O)c2cnc(Cl)nc2)CC1. The van der Waals surface area contributed by atoms with Crippen LogP contribution in [0, 0.1) is 0 Å². The van der Waals surface area contributed by atoms with E-state index in [4.69, 9.17) is 16.3 Å². The standard InChI is InChI=1S/C11H16ClN3O3S/c1-2-18-9-3-5-15(6-4-9)19(16,17)10-7-13-11(12)14-8-10/h7-9H,2-6H2,1H3. The van der Waals surface area contributed by atoms with Gasteiger partial charge in [-0.1, -0.05) is 0 Å². The molecule has 0 radical (unpaired) electrons. The second kappa shape index (κ2) is 6.13. The quantitative estimate of drug-likeness (QED) is 0.785. The lowest BCUT2D eigenvalue weighted by Gasteiger charge is -2.30. The second-order valence-corrected chi connectivity index (χ2v) is 6.52. The highest BCUT2D eigenvalue weighted by Gasteiger charge is 2.30. The fraction of sp³-hybridized carbons (Fsp3) is 0.636. The first-order valence-electron chi connectivity index (χ1n) is 6.13. The van der Waals surface area contributed by atoms with Gasteiger partial charge in [0.15, 0.2) is 0 Å². The van der Waals surface area contributed by atoms with Crippen molar-refractivity contribution in [3.8, 4) is 0 Å². The molecule has 6 nitrogen and oxygen atoms in total. The zero-order chi connectivity index (χ0) is 13.9. The van der Waals surface area contributed by atoms with Crippen LogP contribution in [0.5, 0.6) is 0 Å². The molecule has 0 bridgehead atoms. The molecule has 0 atom stereocenters. The number of hydrogen-bond donors (Lipinski definition) is 0. The summed E-state index contributed by atoms with van der Waals surface area (Å²) in [4.78, 5) is 7.49. The van der Waals surface area contributed by atoms with Crippen molar-refractivity contribution >= 4 is 21.6 Å². The van der Waals surface area contributed by atoms with E-state index < -0.39 is 10.0 Å². The Bertz CT molecular complexity index is 512. The summed E-state index contributed by atoms with van der Waals surface area (Å²) in [7, 11) is -3.52. The molecule has 0 saturated carbocycles. The van der Waals surface area contributed by atoms with Crippen LogP contribution in [-0.2, 0) is 14.8 Å². The fourth-order valence-corrected chi connectivity index (χ4v) is 3.52. The zero-order valence-corrected chi connectivity index (χ0v) is 12.2. The smallest absolute Gasteiger partial charge is 0.246 e. The van der Waals surface area contributed by atoms with Crippen molar-refractivity contribution in [2.75, 3.05) is 19.7 Å². The number of ether oxygens (including phenoxy) is 1. The Hall–Kier alpha value is -0.760. The third-order valence-electron chi connectivity index (χ3n) is 3.04. The van der Waals surface area contributed by atoms with Crippen molar-refractivity contribution in [1.82, 2.24) is 14.3 Å². The highest BCUT2D eigenvalue weighted by Crippen LogP contribution is 2.21. The first-order valence-corrected chi connectivity index (χ1v) is 7.95. The van der Waals surface area contributed by atoms with Crippen LogP contribution >= 0.6 is 11.6 Å². The molecule has 19 heavy (non-hydrogen) atoms. The van der Waals surface area contributed by atoms with Gasteiger partial charge in [-0.3, -0.25) is 0 Å². The van der Waals surface area contributed by atoms with Gasteiger partial charge in [-0.15, -0.1) is 0 Å². The number of piperidine rings is 1. The molecule has 0 aromatic carbocycles. The number of rotatable bonds is 4. The molecule has 1 aliphatic heterocycles. The summed E-state index contributed by atoms with van der Waals surface area (Å²) in [5, 5.41) is 0.0361. The summed E-state index contributed by atoms with van der Waals surface area (Å²) in [6.07, 6.45) is 4.04. The molecule has 1 aromatic heterocycles. The molecule has 106 valence electrons. The number of aromatic nitrogens is 2. The van der Waals surface area contributed by atoms with Crippen molar-refractivity contribution in [3.05, 3.63) is 17.7 Å². The fourth-order valence-electron chi connectivity index (χ4n) is 2.06. The van der Waals surface area contributed by atoms with Crippen LogP contribution in [0.3, 0.4) is 0 Å². The Morgan fingerprint density at radius 2 is 1.95 bits per heavy atom. The molecule has 2 heterocycles. The predicted molar refractivity (Wildman–Crippen MR) is 70.4 cm³/mol. The summed E-state index contributed by atoms with van der Waals surface area (Å²) in [5.41, 5.74) is 0. The molecule has 1 saturated heterocycles. The third-order valence-corrected chi connectivity index (χ3v) is 5.08. The number of sulfonamides is 1. The number of halogens is 1. The topological polar surface area (TPSA) is 72.4 Å². The van der Waals surface area contributed by atoms with E-state index in [0.717, 1.165) is 0 Å².